The molecule has 3 aromatic rings. The number of benzene rings is 3. The third kappa shape index (κ3) is 3.03. The molecule has 1 amide bonds. The molecule has 0 radical (unpaired) electrons. The fourth-order valence-corrected chi connectivity index (χ4v) is 4.22. The van der Waals surface area contributed by atoms with Gasteiger partial charge in [-0.3, -0.25) is 9.59 Å². The molecular formula is C25H21NO4. The summed E-state index contributed by atoms with van der Waals surface area (Å²) in [7, 11) is 0. The zero-order valence-corrected chi connectivity index (χ0v) is 16.7. The van der Waals surface area contributed by atoms with Crippen LogP contribution >= 0.6 is 0 Å². The number of anilines is 1. The van der Waals surface area contributed by atoms with Crippen molar-refractivity contribution < 1.29 is 19.1 Å². The van der Waals surface area contributed by atoms with E-state index in [1.54, 1.807) is 18.2 Å². The molecule has 5 heteroatoms. The average Bonchev–Trinajstić information content (AvgIpc) is 3.22. The molecule has 0 atom stereocenters. The van der Waals surface area contributed by atoms with Gasteiger partial charge in [0.1, 0.15) is 19.5 Å². The van der Waals surface area contributed by atoms with Gasteiger partial charge in [-0.05, 0) is 65.9 Å². The summed E-state index contributed by atoms with van der Waals surface area (Å²) in [5, 5.41) is 0. The molecule has 0 unspecified atom stereocenters. The van der Waals surface area contributed by atoms with E-state index in [1.807, 2.05) is 42.2 Å². The molecule has 0 aromatic heterocycles. The van der Waals surface area contributed by atoms with Gasteiger partial charge in [0.15, 0.2) is 11.5 Å². The van der Waals surface area contributed by atoms with Crippen LogP contribution in [0.5, 0.6) is 11.5 Å². The SMILES string of the molecule is Cc1cc(C(=O)N2CCc3c(-c4ccc5c(c4)OCCO5)cccc32)ccc1C=O. The molecule has 0 bridgehead atoms. The number of hydrogen-bond donors (Lipinski definition) is 0. The molecule has 5 rings (SSSR count). The Bertz CT molecular complexity index is 1170. The highest BCUT2D eigenvalue weighted by Gasteiger charge is 2.28. The Morgan fingerprint density at radius 1 is 1.00 bits per heavy atom. The van der Waals surface area contributed by atoms with Crippen molar-refractivity contribution in [1.82, 2.24) is 0 Å². The summed E-state index contributed by atoms with van der Waals surface area (Å²) in [5.74, 6) is 1.48. The van der Waals surface area contributed by atoms with Crippen molar-refractivity contribution in [2.75, 3.05) is 24.7 Å². The number of ether oxygens (including phenoxy) is 2. The van der Waals surface area contributed by atoms with Gasteiger partial charge >= 0.3 is 0 Å². The van der Waals surface area contributed by atoms with Crippen LogP contribution in [0, 0.1) is 6.92 Å². The summed E-state index contributed by atoms with van der Waals surface area (Å²) < 4.78 is 11.4. The van der Waals surface area contributed by atoms with Crippen LogP contribution in [0.3, 0.4) is 0 Å². The van der Waals surface area contributed by atoms with Crippen LogP contribution in [0.2, 0.25) is 0 Å². The molecule has 2 aliphatic rings. The van der Waals surface area contributed by atoms with Gasteiger partial charge in [0.05, 0.1) is 0 Å². The van der Waals surface area contributed by atoms with Gasteiger partial charge in [0, 0.05) is 23.4 Å². The normalized spacial score (nSPS) is 14.4. The number of carbonyl (C=O) groups is 2. The van der Waals surface area contributed by atoms with Crippen LogP contribution in [0.25, 0.3) is 11.1 Å². The second-order valence-electron chi connectivity index (χ2n) is 7.56. The minimum absolute atomic E-state index is 0.0476. The Morgan fingerprint density at radius 2 is 1.83 bits per heavy atom. The lowest BCUT2D eigenvalue weighted by atomic mass is 9.97. The third-order valence-electron chi connectivity index (χ3n) is 5.77. The molecule has 0 saturated carbocycles. The van der Waals surface area contributed by atoms with E-state index in [0.717, 1.165) is 52.1 Å². The molecule has 2 heterocycles. The third-order valence-corrected chi connectivity index (χ3v) is 5.77. The molecule has 0 N–H and O–H groups in total. The van der Waals surface area contributed by atoms with Gasteiger partial charge in [-0.2, -0.15) is 0 Å². The number of nitrogens with zero attached hydrogens (tertiary/aromatic N) is 1. The van der Waals surface area contributed by atoms with E-state index in [9.17, 15) is 9.59 Å². The zero-order chi connectivity index (χ0) is 20.7. The van der Waals surface area contributed by atoms with Crippen molar-refractivity contribution in [1.29, 1.82) is 0 Å². The minimum atomic E-state index is -0.0476. The van der Waals surface area contributed by atoms with Crippen LogP contribution in [-0.2, 0) is 6.42 Å². The van der Waals surface area contributed by atoms with Crippen molar-refractivity contribution >= 4 is 17.9 Å². The van der Waals surface area contributed by atoms with Crippen LogP contribution in [0.4, 0.5) is 5.69 Å². The maximum absolute atomic E-state index is 13.2. The summed E-state index contributed by atoms with van der Waals surface area (Å²) in [6, 6.07) is 17.3. The number of carbonyl (C=O) groups excluding carboxylic acids is 2. The first kappa shape index (κ1) is 18.4. The van der Waals surface area contributed by atoms with Crippen LogP contribution in [0.15, 0.2) is 54.6 Å². The Hall–Kier alpha value is -3.60. The smallest absolute Gasteiger partial charge is 0.258 e. The molecule has 2 aliphatic heterocycles. The van der Waals surface area contributed by atoms with Crippen molar-refractivity contribution in [3.05, 3.63) is 76.9 Å². The molecule has 150 valence electrons. The lowest BCUT2D eigenvalue weighted by molar-refractivity contribution is 0.0988. The highest BCUT2D eigenvalue weighted by atomic mass is 16.6. The van der Waals surface area contributed by atoms with Crippen LogP contribution < -0.4 is 14.4 Å². The Morgan fingerprint density at radius 3 is 2.63 bits per heavy atom. The van der Waals surface area contributed by atoms with Crippen molar-refractivity contribution in [2.24, 2.45) is 0 Å². The zero-order valence-electron chi connectivity index (χ0n) is 16.7. The monoisotopic (exact) mass is 399 g/mol. The van der Waals surface area contributed by atoms with Crippen LogP contribution in [-0.4, -0.2) is 32.0 Å². The van der Waals surface area contributed by atoms with E-state index in [1.165, 1.54) is 0 Å². The number of aldehydes is 1. The predicted molar refractivity (Wildman–Crippen MR) is 115 cm³/mol. The van der Waals surface area contributed by atoms with E-state index < -0.39 is 0 Å². The van der Waals surface area contributed by atoms with Gasteiger partial charge in [-0.1, -0.05) is 24.3 Å². The largest absolute Gasteiger partial charge is 0.486 e. The Labute approximate surface area is 174 Å². The number of rotatable bonds is 3. The van der Waals surface area contributed by atoms with Crippen molar-refractivity contribution in [3.8, 4) is 22.6 Å². The molecular weight excluding hydrogens is 378 g/mol. The lowest BCUT2D eigenvalue weighted by Crippen LogP contribution is -2.28. The average molecular weight is 399 g/mol. The minimum Gasteiger partial charge on any atom is -0.486 e. The Kier molecular flexibility index (Phi) is 4.51. The van der Waals surface area contributed by atoms with Crippen LogP contribution in [0.1, 0.15) is 31.8 Å². The summed E-state index contributed by atoms with van der Waals surface area (Å²) in [6.45, 7) is 3.59. The Balaban J connectivity index is 1.50. The number of amides is 1. The maximum atomic E-state index is 13.2. The maximum Gasteiger partial charge on any atom is 0.258 e. The number of hydrogen-bond acceptors (Lipinski definition) is 4. The quantitative estimate of drug-likeness (QED) is 0.611. The molecule has 5 nitrogen and oxygen atoms in total. The highest BCUT2D eigenvalue weighted by molar-refractivity contribution is 6.08. The molecule has 3 aromatic carbocycles. The predicted octanol–water partition coefficient (Wildman–Crippen LogP) is 4.45. The molecule has 0 spiro atoms. The van der Waals surface area contributed by atoms with Gasteiger partial charge in [-0.25, -0.2) is 0 Å². The van der Waals surface area contributed by atoms with Gasteiger partial charge < -0.3 is 14.4 Å². The molecule has 0 aliphatic carbocycles. The fourth-order valence-electron chi connectivity index (χ4n) is 4.22. The van der Waals surface area contributed by atoms with Gasteiger partial charge in [0.2, 0.25) is 0 Å². The molecule has 0 saturated heterocycles. The number of aryl methyl sites for hydroxylation is 1. The summed E-state index contributed by atoms with van der Waals surface area (Å²) in [6.07, 6.45) is 1.60. The van der Waals surface area contributed by atoms with Gasteiger partial charge in [-0.15, -0.1) is 0 Å². The van der Waals surface area contributed by atoms with Crippen molar-refractivity contribution in [2.45, 2.75) is 13.3 Å². The molecule has 0 fully saturated rings. The lowest BCUT2D eigenvalue weighted by Gasteiger charge is -2.20. The van der Waals surface area contributed by atoms with E-state index in [-0.39, 0.29) is 5.91 Å². The second kappa shape index (κ2) is 7.34. The topological polar surface area (TPSA) is 55.8 Å². The second-order valence-corrected chi connectivity index (χ2v) is 7.56. The first-order valence-electron chi connectivity index (χ1n) is 10.1. The summed E-state index contributed by atoms with van der Waals surface area (Å²) in [4.78, 5) is 26.1. The van der Waals surface area contributed by atoms with E-state index >= 15 is 0 Å². The van der Waals surface area contributed by atoms with Gasteiger partial charge in [0.25, 0.3) is 5.91 Å². The van der Waals surface area contributed by atoms with Crippen molar-refractivity contribution in [3.63, 3.8) is 0 Å². The number of fused-ring (bicyclic) bond motifs is 2. The summed E-state index contributed by atoms with van der Waals surface area (Å²) >= 11 is 0. The highest BCUT2D eigenvalue weighted by Crippen LogP contribution is 2.40. The van der Waals surface area contributed by atoms with E-state index in [2.05, 4.69) is 6.07 Å². The van der Waals surface area contributed by atoms with E-state index in [0.29, 0.717) is 30.9 Å². The first-order chi connectivity index (χ1) is 14.7. The standard InChI is InChI=1S/C25H21NO4/c1-16-13-18(5-6-19(16)15-27)25(28)26-10-9-21-20(3-2-4-22(21)26)17-7-8-23-24(14-17)30-12-11-29-23/h2-8,13-15H,9-12H2,1H3. The molecule has 30 heavy (non-hydrogen) atoms. The fraction of sp³-hybridized carbons (Fsp3) is 0.200. The summed E-state index contributed by atoms with van der Waals surface area (Å²) in [5.41, 5.74) is 6.25. The van der Waals surface area contributed by atoms with E-state index in [4.69, 9.17) is 9.47 Å². The first-order valence-corrected chi connectivity index (χ1v) is 10.1.